The third-order valence-corrected chi connectivity index (χ3v) is 7.66. The van der Waals surface area contributed by atoms with Crippen molar-refractivity contribution < 1.29 is 9.90 Å². The van der Waals surface area contributed by atoms with E-state index >= 15 is 0 Å². The summed E-state index contributed by atoms with van der Waals surface area (Å²) in [5.41, 5.74) is 9.33. The van der Waals surface area contributed by atoms with Crippen molar-refractivity contribution in [3.05, 3.63) is 129 Å². The first-order chi connectivity index (χ1) is 17.5. The van der Waals surface area contributed by atoms with Gasteiger partial charge in [0.2, 0.25) is 0 Å². The van der Waals surface area contributed by atoms with E-state index in [0.717, 1.165) is 33.9 Å². The highest BCUT2D eigenvalue weighted by atomic mass is 35.5. The number of nitrogens with one attached hydrogen (secondary N) is 1. The zero-order valence-electron chi connectivity index (χ0n) is 19.1. The molecule has 0 radical (unpaired) electrons. The molecule has 1 unspecified atom stereocenters. The monoisotopic (exact) mass is 508 g/mol. The summed E-state index contributed by atoms with van der Waals surface area (Å²) in [5.74, 6) is -0.941. The molecule has 1 heterocycles. The van der Waals surface area contributed by atoms with Crippen molar-refractivity contribution >= 4 is 34.6 Å². The summed E-state index contributed by atoms with van der Waals surface area (Å²) < 4.78 is 0. The van der Waals surface area contributed by atoms with Crippen LogP contribution in [0.15, 0.2) is 96.4 Å². The van der Waals surface area contributed by atoms with E-state index in [4.69, 9.17) is 16.6 Å². The van der Waals surface area contributed by atoms with E-state index < -0.39 is 5.97 Å². The number of nitrogens with zero attached hydrogens (tertiary/aromatic N) is 1. The van der Waals surface area contributed by atoms with Gasteiger partial charge >= 0.3 is 5.97 Å². The molecule has 1 aliphatic rings. The highest BCUT2D eigenvalue weighted by Crippen LogP contribution is 2.39. The fourth-order valence-electron chi connectivity index (χ4n) is 4.68. The molecule has 0 saturated carbocycles. The number of fused-ring (bicyclic) bond motifs is 3. The van der Waals surface area contributed by atoms with Gasteiger partial charge in [-0.15, -0.1) is 11.3 Å². The van der Waals surface area contributed by atoms with Crippen LogP contribution in [0.2, 0.25) is 5.02 Å². The topological polar surface area (TPSA) is 62.2 Å². The molecule has 6 heteroatoms. The van der Waals surface area contributed by atoms with E-state index in [1.165, 1.54) is 22.3 Å². The molecule has 36 heavy (non-hydrogen) atoms. The van der Waals surface area contributed by atoms with Crippen molar-refractivity contribution in [2.45, 2.75) is 12.5 Å². The minimum atomic E-state index is -0.941. The number of aromatic nitrogens is 1. The van der Waals surface area contributed by atoms with Gasteiger partial charge in [-0.2, -0.15) is 0 Å². The molecule has 1 atom stereocenters. The Morgan fingerprint density at radius 1 is 0.917 bits per heavy atom. The predicted octanol–water partition coefficient (Wildman–Crippen LogP) is 7.93. The third kappa shape index (κ3) is 4.28. The molecule has 0 saturated heterocycles. The highest BCUT2D eigenvalue weighted by Gasteiger charge is 2.23. The Bertz CT molecular complexity index is 1580. The van der Waals surface area contributed by atoms with Crippen LogP contribution in [0.5, 0.6) is 0 Å². The summed E-state index contributed by atoms with van der Waals surface area (Å²) in [7, 11) is 0. The standard InChI is InChI=1S/C30H21ClN2O2S/c31-23-10-5-18(6-11-23)27-17-36-29(33-27)28(32-24-12-7-19(8-13-24)30(34)35)21-9-14-26-22(16-21)15-20-3-1-2-4-25(20)26/h1-14,16-17,28,32H,15H2,(H,34,35). The van der Waals surface area contributed by atoms with Crippen LogP contribution in [0.1, 0.15) is 38.1 Å². The van der Waals surface area contributed by atoms with Gasteiger partial charge in [0.05, 0.1) is 11.3 Å². The van der Waals surface area contributed by atoms with E-state index in [1.54, 1.807) is 35.6 Å². The molecule has 0 spiro atoms. The Morgan fingerprint density at radius 2 is 1.67 bits per heavy atom. The average molecular weight is 509 g/mol. The van der Waals surface area contributed by atoms with Gasteiger partial charge in [0, 0.05) is 21.7 Å². The van der Waals surface area contributed by atoms with Crippen LogP contribution in [-0.2, 0) is 6.42 Å². The van der Waals surface area contributed by atoms with Crippen molar-refractivity contribution in [1.82, 2.24) is 4.98 Å². The summed E-state index contributed by atoms with van der Waals surface area (Å²) in [6.45, 7) is 0. The summed E-state index contributed by atoms with van der Waals surface area (Å²) in [4.78, 5) is 16.3. The van der Waals surface area contributed by atoms with Crippen LogP contribution in [0.25, 0.3) is 22.4 Å². The number of rotatable bonds is 6. The Hall–Kier alpha value is -3.93. The molecular formula is C30H21ClN2O2S. The maximum atomic E-state index is 11.3. The Labute approximate surface area is 217 Å². The van der Waals surface area contributed by atoms with Gasteiger partial charge in [0.1, 0.15) is 11.0 Å². The first-order valence-corrected chi connectivity index (χ1v) is 12.8. The number of halogens is 1. The summed E-state index contributed by atoms with van der Waals surface area (Å²) >= 11 is 7.67. The minimum absolute atomic E-state index is 0.194. The van der Waals surface area contributed by atoms with Crippen molar-refractivity contribution in [3.8, 4) is 22.4 Å². The van der Waals surface area contributed by atoms with E-state index in [-0.39, 0.29) is 11.6 Å². The molecule has 0 fully saturated rings. The predicted molar refractivity (Wildman–Crippen MR) is 146 cm³/mol. The zero-order valence-corrected chi connectivity index (χ0v) is 20.7. The Morgan fingerprint density at radius 3 is 2.44 bits per heavy atom. The van der Waals surface area contributed by atoms with E-state index in [0.29, 0.717) is 5.02 Å². The smallest absolute Gasteiger partial charge is 0.335 e. The van der Waals surface area contributed by atoms with Gasteiger partial charge in [-0.1, -0.05) is 66.2 Å². The molecule has 0 bridgehead atoms. The van der Waals surface area contributed by atoms with Crippen molar-refractivity contribution in [3.63, 3.8) is 0 Å². The summed E-state index contributed by atoms with van der Waals surface area (Å²) in [6, 6.07) is 29.5. The normalized spacial score (nSPS) is 12.6. The van der Waals surface area contributed by atoms with Gasteiger partial charge in [0.25, 0.3) is 0 Å². The first kappa shape index (κ1) is 22.5. The van der Waals surface area contributed by atoms with Gasteiger partial charge in [-0.25, -0.2) is 9.78 Å². The van der Waals surface area contributed by atoms with E-state index in [1.807, 2.05) is 24.3 Å². The molecule has 1 aromatic heterocycles. The van der Waals surface area contributed by atoms with Crippen molar-refractivity contribution in [2.24, 2.45) is 0 Å². The maximum absolute atomic E-state index is 11.3. The second-order valence-electron chi connectivity index (χ2n) is 8.79. The average Bonchev–Trinajstić information content (AvgIpc) is 3.53. The first-order valence-electron chi connectivity index (χ1n) is 11.6. The maximum Gasteiger partial charge on any atom is 0.335 e. The zero-order chi connectivity index (χ0) is 24.6. The molecule has 1 aliphatic carbocycles. The number of hydrogen-bond donors (Lipinski definition) is 2. The van der Waals surface area contributed by atoms with Crippen LogP contribution in [0, 0.1) is 0 Å². The van der Waals surface area contributed by atoms with Gasteiger partial charge < -0.3 is 10.4 Å². The largest absolute Gasteiger partial charge is 0.478 e. The SMILES string of the molecule is O=C(O)c1ccc(NC(c2ccc3c(c2)Cc2ccccc2-3)c2nc(-c3ccc(Cl)cc3)cs2)cc1. The number of carboxylic acid groups (broad SMARTS) is 1. The molecular weight excluding hydrogens is 488 g/mol. The molecule has 4 aromatic carbocycles. The van der Waals surface area contributed by atoms with Crippen molar-refractivity contribution in [1.29, 1.82) is 0 Å². The Balaban J connectivity index is 1.38. The summed E-state index contributed by atoms with van der Waals surface area (Å²) in [5, 5.41) is 16.5. The fourth-order valence-corrected chi connectivity index (χ4v) is 5.71. The Kier molecular flexibility index (Phi) is 5.80. The van der Waals surface area contributed by atoms with Crippen LogP contribution >= 0.6 is 22.9 Å². The second-order valence-corrected chi connectivity index (χ2v) is 10.1. The minimum Gasteiger partial charge on any atom is -0.478 e. The number of aromatic carboxylic acids is 1. The van der Waals surface area contributed by atoms with Crippen molar-refractivity contribution in [2.75, 3.05) is 5.32 Å². The van der Waals surface area contributed by atoms with Crippen LogP contribution in [0.3, 0.4) is 0 Å². The number of anilines is 1. The number of carboxylic acids is 1. The van der Waals surface area contributed by atoms with Gasteiger partial charge in [0.15, 0.2) is 0 Å². The number of carbonyl (C=O) groups is 1. The molecule has 0 aliphatic heterocycles. The molecule has 0 amide bonds. The molecule has 5 aromatic rings. The van der Waals surface area contributed by atoms with E-state index in [9.17, 15) is 9.90 Å². The van der Waals surface area contributed by atoms with Crippen LogP contribution in [0.4, 0.5) is 5.69 Å². The fraction of sp³-hybridized carbons (Fsp3) is 0.0667. The number of hydrogen-bond acceptors (Lipinski definition) is 4. The van der Waals surface area contributed by atoms with E-state index in [2.05, 4.69) is 53.2 Å². The third-order valence-electron chi connectivity index (χ3n) is 6.50. The lowest BCUT2D eigenvalue weighted by Gasteiger charge is -2.20. The quantitative estimate of drug-likeness (QED) is 0.240. The lowest BCUT2D eigenvalue weighted by Crippen LogP contribution is -2.13. The molecule has 6 rings (SSSR count). The van der Waals surface area contributed by atoms with Gasteiger partial charge in [-0.05, 0) is 70.6 Å². The van der Waals surface area contributed by atoms with Gasteiger partial charge in [-0.3, -0.25) is 0 Å². The van der Waals surface area contributed by atoms with Crippen LogP contribution < -0.4 is 5.32 Å². The lowest BCUT2D eigenvalue weighted by atomic mass is 9.99. The number of thiazole rings is 1. The molecule has 176 valence electrons. The summed E-state index contributed by atoms with van der Waals surface area (Å²) in [6.07, 6.45) is 0.910. The number of benzene rings is 4. The van der Waals surface area contributed by atoms with Crippen LogP contribution in [-0.4, -0.2) is 16.1 Å². The lowest BCUT2D eigenvalue weighted by molar-refractivity contribution is 0.0697. The molecule has 2 N–H and O–H groups in total. The second kappa shape index (κ2) is 9.26. The molecule has 4 nitrogen and oxygen atoms in total. The highest BCUT2D eigenvalue weighted by molar-refractivity contribution is 7.10.